The SMILES string of the molecule is Cc1cc(=O)n([C@@H]2CCNC2)c2nc(N)nc(C3CCOC(O)C3)c12. The zero-order valence-corrected chi connectivity index (χ0v) is 14.2. The first-order valence-corrected chi connectivity index (χ1v) is 8.74. The molecule has 4 heterocycles. The molecule has 0 saturated carbocycles. The number of hydrogen-bond acceptors (Lipinski definition) is 7. The Kier molecular flexibility index (Phi) is 4.18. The van der Waals surface area contributed by atoms with Crippen molar-refractivity contribution in [2.45, 2.75) is 44.4 Å². The molecule has 2 aromatic rings. The molecule has 0 amide bonds. The van der Waals surface area contributed by atoms with Gasteiger partial charge in [-0.2, -0.15) is 4.98 Å². The van der Waals surface area contributed by atoms with E-state index in [0.29, 0.717) is 18.7 Å². The molecule has 2 aromatic heterocycles. The van der Waals surface area contributed by atoms with E-state index in [4.69, 9.17) is 10.5 Å². The van der Waals surface area contributed by atoms with Crippen molar-refractivity contribution in [3.63, 3.8) is 0 Å². The van der Waals surface area contributed by atoms with Crippen LogP contribution < -0.4 is 16.6 Å². The van der Waals surface area contributed by atoms with Crippen molar-refractivity contribution < 1.29 is 9.84 Å². The highest BCUT2D eigenvalue weighted by Crippen LogP contribution is 2.34. The van der Waals surface area contributed by atoms with Crippen LogP contribution in [0.5, 0.6) is 0 Å². The van der Waals surface area contributed by atoms with Gasteiger partial charge in [0.2, 0.25) is 5.95 Å². The first kappa shape index (κ1) is 16.4. The summed E-state index contributed by atoms with van der Waals surface area (Å²) in [7, 11) is 0. The zero-order chi connectivity index (χ0) is 17.6. The summed E-state index contributed by atoms with van der Waals surface area (Å²) in [6, 6.07) is 1.72. The van der Waals surface area contributed by atoms with Crippen LogP contribution in [0.15, 0.2) is 10.9 Å². The number of anilines is 1. The van der Waals surface area contributed by atoms with Gasteiger partial charge in [-0.1, -0.05) is 0 Å². The summed E-state index contributed by atoms with van der Waals surface area (Å²) in [5.41, 5.74) is 8.18. The molecule has 0 aliphatic carbocycles. The molecule has 2 saturated heterocycles. The number of nitrogens with two attached hydrogens (primary N) is 1. The Morgan fingerprint density at radius 3 is 2.96 bits per heavy atom. The Morgan fingerprint density at radius 2 is 2.24 bits per heavy atom. The average Bonchev–Trinajstić information content (AvgIpc) is 3.07. The number of nitrogens with one attached hydrogen (secondary N) is 1. The number of pyridine rings is 1. The maximum Gasteiger partial charge on any atom is 0.252 e. The Bertz CT molecular complexity index is 859. The monoisotopic (exact) mass is 345 g/mol. The van der Waals surface area contributed by atoms with E-state index in [1.165, 1.54) is 0 Å². The fraction of sp³-hybridized carbons (Fsp3) is 0.588. The van der Waals surface area contributed by atoms with E-state index in [1.54, 1.807) is 10.6 Å². The van der Waals surface area contributed by atoms with Crippen LogP contribution in [0.4, 0.5) is 5.95 Å². The molecule has 8 heteroatoms. The quantitative estimate of drug-likeness (QED) is 0.723. The molecule has 2 fully saturated rings. The second-order valence-electron chi connectivity index (χ2n) is 6.89. The summed E-state index contributed by atoms with van der Waals surface area (Å²) >= 11 is 0. The van der Waals surface area contributed by atoms with Crippen LogP contribution in [-0.4, -0.2) is 45.6 Å². The highest BCUT2D eigenvalue weighted by Gasteiger charge is 2.28. The van der Waals surface area contributed by atoms with Gasteiger partial charge in [0.1, 0.15) is 5.65 Å². The summed E-state index contributed by atoms with van der Waals surface area (Å²) in [6.07, 6.45) is 1.31. The number of aryl methyl sites for hydroxylation is 1. The third-order valence-electron chi connectivity index (χ3n) is 5.18. The van der Waals surface area contributed by atoms with Crippen LogP contribution in [0.3, 0.4) is 0 Å². The molecule has 4 N–H and O–H groups in total. The molecule has 2 aliphatic heterocycles. The standard InChI is InChI=1S/C17H23N5O3/c1-9-6-12(23)22(11-2-4-19-8-11)16-14(9)15(20-17(18)21-16)10-3-5-25-13(24)7-10/h6,10-11,13,19,24H,2-5,7-8H2,1H3,(H2,18,20,21)/t10?,11-,13?/m1/s1. The van der Waals surface area contributed by atoms with E-state index in [-0.39, 0.29) is 23.5 Å². The van der Waals surface area contributed by atoms with Crippen molar-refractivity contribution in [1.29, 1.82) is 0 Å². The minimum Gasteiger partial charge on any atom is -0.368 e. The molecular weight excluding hydrogens is 322 g/mol. The topological polar surface area (TPSA) is 115 Å². The fourth-order valence-electron chi connectivity index (χ4n) is 4.00. The number of rotatable bonds is 2. The van der Waals surface area contributed by atoms with Gasteiger partial charge in [-0.05, 0) is 31.9 Å². The fourth-order valence-corrected chi connectivity index (χ4v) is 4.00. The minimum atomic E-state index is -0.796. The lowest BCUT2D eigenvalue weighted by Gasteiger charge is -2.27. The Morgan fingerprint density at radius 1 is 1.40 bits per heavy atom. The lowest BCUT2D eigenvalue weighted by Crippen LogP contribution is -2.29. The van der Waals surface area contributed by atoms with Crippen molar-refractivity contribution in [2.75, 3.05) is 25.4 Å². The lowest BCUT2D eigenvalue weighted by molar-refractivity contribution is -0.129. The number of fused-ring (bicyclic) bond motifs is 1. The summed E-state index contributed by atoms with van der Waals surface area (Å²) < 4.78 is 6.99. The smallest absolute Gasteiger partial charge is 0.252 e. The molecule has 25 heavy (non-hydrogen) atoms. The third kappa shape index (κ3) is 2.90. The molecule has 2 aliphatic rings. The van der Waals surface area contributed by atoms with Gasteiger partial charge in [0, 0.05) is 30.3 Å². The molecule has 0 spiro atoms. The number of hydrogen-bond donors (Lipinski definition) is 3. The number of aliphatic hydroxyl groups is 1. The molecule has 4 rings (SSSR count). The summed E-state index contributed by atoms with van der Waals surface area (Å²) in [4.78, 5) is 21.6. The lowest BCUT2D eigenvalue weighted by atomic mass is 9.92. The molecule has 3 atom stereocenters. The molecule has 134 valence electrons. The summed E-state index contributed by atoms with van der Waals surface area (Å²) in [6.45, 7) is 4.00. The van der Waals surface area contributed by atoms with Crippen LogP contribution in [-0.2, 0) is 4.74 Å². The molecule has 8 nitrogen and oxygen atoms in total. The molecule has 2 unspecified atom stereocenters. The second kappa shape index (κ2) is 6.36. The van der Waals surface area contributed by atoms with Crippen molar-refractivity contribution in [2.24, 2.45) is 0 Å². The number of aromatic nitrogens is 3. The number of ether oxygens (including phenoxy) is 1. The predicted molar refractivity (Wildman–Crippen MR) is 93.4 cm³/mol. The van der Waals surface area contributed by atoms with Crippen molar-refractivity contribution >= 4 is 17.0 Å². The first-order valence-electron chi connectivity index (χ1n) is 8.74. The van der Waals surface area contributed by atoms with E-state index in [1.807, 2.05) is 6.92 Å². The highest BCUT2D eigenvalue weighted by molar-refractivity contribution is 5.83. The van der Waals surface area contributed by atoms with E-state index < -0.39 is 6.29 Å². The van der Waals surface area contributed by atoms with Crippen molar-refractivity contribution in [3.8, 4) is 0 Å². The Labute approximate surface area is 145 Å². The van der Waals surface area contributed by atoms with E-state index >= 15 is 0 Å². The minimum absolute atomic E-state index is 0.0305. The van der Waals surface area contributed by atoms with E-state index in [2.05, 4.69) is 15.3 Å². The Hall–Kier alpha value is -2.03. The summed E-state index contributed by atoms with van der Waals surface area (Å²) in [5.74, 6) is 0.191. The number of aliphatic hydroxyl groups excluding tert-OH is 1. The van der Waals surface area contributed by atoms with Gasteiger partial charge in [0.15, 0.2) is 6.29 Å². The van der Waals surface area contributed by atoms with Crippen molar-refractivity contribution in [3.05, 3.63) is 27.7 Å². The third-order valence-corrected chi connectivity index (χ3v) is 5.18. The maximum absolute atomic E-state index is 12.7. The molecular formula is C17H23N5O3. The van der Waals surface area contributed by atoms with Gasteiger partial charge in [-0.25, -0.2) is 4.98 Å². The van der Waals surface area contributed by atoms with Gasteiger partial charge in [-0.15, -0.1) is 0 Å². The van der Waals surface area contributed by atoms with Gasteiger partial charge in [0.25, 0.3) is 5.56 Å². The zero-order valence-electron chi connectivity index (χ0n) is 14.2. The predicted octanol–water partition coefficient (Wildman–Crippen LogP) is 0.429. The van der Waals surface area contributed by atoms with Gasteiger partial charge in [0.05, 0.1) is 18.3 Å². The highest BCUT2D eigenvalue weighted by atomic mass is 16.6. The maximum atomic E-state index is 12.7. The van der Waals surface area contributed by atoms with Crippen LogP contribution in [0.1, 0.15) is 42.5 Å². The average molecular weight is 345 g/mol. The van der Waals surface area contributed by atoms with Crippen LogP contribution >= 0.6 is 0 Å². The van der Waals surface area contributed by atoms with Crippen LogP contribution in [0, 0.1) is 6.92 Å². The normalized spacial score (nSPS) is 27.0. The summed E-state index contributed by atoms with van der Waals surface area (Å²) in [5, 5.41) is 14.0. The molecule has 0 radical (unpaired) electrons. The van der Waals surface area contributed by atoms with E-state index in [9.17, 15) is 9.90 Å². The van der Waals surface area contributed by atoms with Crippen LogP contribution in [0.25, 0.3) is 11.0 Å². The second-order valence-corrected chi connectivity index (χ2v) is 6.89. The van der Waals surface area contributed by atoms with Gasteiger partial charge < -0.3 is 20.9 Å². The van der Waals surface area contributed by atoms with Gasteiger partial charge >= 0.3 is 0 Å². The number of nitrogens with zero attached hydrogens (tertiary/aromatic N) is 3. The molecule has 0 bridgehead atoms. The first-order chi connectivity index (χ1) is 12.0. The molecule has 0 aromatic carbocycles. The number of nitrogen functional groups attached to an aromatic ring is 1. The van der Waals surface area contributed by atoms with Crippen molar-refractivity contribution in [1.82, 2.24) is 19.9 Å². The Balaban J connectivity index is 1.95. The van der Waals surface area contributed by atoms with Crippen LogP contribution in [0.2, 0.25) is 0 Å². The van der Waals surface area contributed by atoms with E-state index in [0.717, 1.165) is 42.6 Å². The van der Waals surface area contributed by atoms with Gasteiger partial charge in [-0.3, -0.25) is 9.36 Å². The largest absolute Gasteiger partial charge is 0.368 e.